The molecule has 0 unspecified atom stereocenters. The molecule has 0 radical (unpaired) electrons. The number of anilines is 1. The zero-order valence-corrected chi connectivity index (χ0v) is 20.2. The predicted molar refractivity (Wildman–Crippen MR) is 129 cm³/mol. The molecule has 3 aliphatic carbocycles. The first-order valence-corrected chi connectivity index (χ1v) is 12.1. The van der Waals surface area contributed by atoms with Crippen LogP contribution in [-0.4, -0.2) is 11.8 Å². The summed E-state index contributed by atoms with van der Waals surface area (Å²) in [5.74, 6) is -2.15. The summed E-state index contributed by atoms with van der Waals surface area (Å²) in [5, 5.41) is 0. The van der Waals surface area contributed by atoms with Crippen LogP contribution in [0.5, 0.6) is 0 Å². The van der Waals surface area contributed by atoms with Gasteiger partial charge in [0.2, 0.25) is 11.8 Å². The molecule has 3 aromatic rings. The van der Waals surface area contributed by atoms with E-state index in [9.17, 15) is 9.59 Å². The molecule has 1 fully saturated rings. The molecule has 2 amide bonds. The quantitative estimate of drug-likeness (QED) is 0.298. The molecule has 32 heavy (non-hydrogen) atoms. The third kappa shape index (κ3) is 2.23. The number of nitrogens with zero attached hydrogens (tertiary/aromatic N) is 1. The van der Waals surface area contributed by atoms with Crippen molar-refractivity contribution < 1.29 is 9.59 Å². The number of carbonyl (C=O) groups excluding carboxylic acids is 2. The van der Waals surface area contributed by atoms with E-state index in [1.165, 1.54) is 4.90 Å². The van der Waals surface area contributed by atoms with Gasteiger partial charge in [-0.3, -0.25) is 9.59 Å². The van der Waals surface area contributed by atoms with E-state index in [1.54, 1.807) is 0 Å². The van der Waals surface area contributed by atoms with Crippen molar-refractivity contribution in [3.63, 3.8) is 0 Å². The Balaban J connectivity index is 1.65. The van der Waals surface area contributed by atoms with Crippen molar-refractivity contribution in [2.45, 2.75) is 23.1 Å². The van der Waals surface area contributed by atoms with Gasteiger partial charge in [0.1, 0.15) is 9.75 Å². The van der Waals surface area contributed by atoms with Gasteiger partial charge in [0.05, 0.1) is 17.5 Å². The molecule has 2 bridgehead atoms. The van der Waals surface area contributed by atoms with Crippen LogP contribution in [0.4, 0.5) is 5.69 Å². The Hall–Kier alpha value is -2.14. The summed E-state index contributed by atoms with van der Waals surface area (Å²) in [6, 6.07) is 21.0. The van der Waals surface area contributed by atoms with E-state index in [2.05, 4.69) is 15.9 Å². The van der Waals surface area contributed by atoms with Gasteiger partial charge in [0.25, 0.3) is 0 Å². The topological polar surface area (TPSA) is 37.4 Å². The fourth-order valence-electron chi connectivity index (χ4n) is 5.96. The van der Waals surface area contributed by atoms with E-state index >= 15 is 0 Å². The van der Waals surface area contributed by atoms with E-state index in [1.807, 2.05) is 73.7 Å². The minimum absolute atomic E-state index is 0.291. The number of aryl methyl sites for hydroxylation is 1. The minimum atomic E-state index is -1.16. The summed E-state index contributed by atoms with van der Waals surface area (Å²) in [6.45, 7) is 2.00. The van der Waals surface area contributed by atoms with Crippen molar-refractivity contribution in [2.75, 3.05) is 4.90 Å². The van der Waals surface area contributed by atoms with E-state index in [0.29, 0.717) is 12.1 Å². The van der Waals surface area contributed by atoms with Crippen LogP contribution < -0.4 is 4.90 Å². The second-order valence-corrected chi connectivity index (χ2v) is 10.7. The second-order valence-electron chi connectivity index (χ2n) is 8.61. The number of carbonyl (C=O) groups is 2. The highest BCUT2D eigenvalue weighted by molar-refractivity contribution is 9.10. The molecule has 3 aromatic carbocycles. The monoisotopic (exact) mass is 525 g/mol. The lowest BCUT2D eigenvalue weighted by Crippen LogP contribution is -2.57. The maximum atomic E-state index is 14.0. The van der Waals surface area contributed by atoms with Gasteiger partial charge < -0.3 is 0 Å². The van der Waals surface area contributed by atoms with Crippen molar-refractivity contribution in [1.82, 2.24) is 0 Å². The smallest absolute Gasteiger partial charge is 0.240 e. The van der Waals surface area contributed by atoms with Gasteiger partial charge in [-0.05, 0) is 52.4 Å². The Morgan fingerprint density at radius 3 is 1.66 bits per heavy atom. The average Bonchev–Trinajstić information content (AvgIpc) is 3.08. The summed E-state index contributed by atoms with van der Waals surface area (Å²) in [4.78, 5) is 27.0. The Morgan fingerprint density at radius 1 is 0.812 bits per heavy atom. The van der Waals surface area contributed by atoms with Gasteiger partial charge >= 0.3 is 0 Å². The lowest BCUT2D eigenvalue weighted by atomic mass is 9.54. The van der Waals surface area contributed by atoms with Gasteiger partial charge in [-0.15, -0.1) is 23.2 Å². The number of benzene rings is 3. The van der Waals surface area contributed by atoms with Crippen LogP contribution in [0.1, 0.15) is 34.7 Å². The number of amides is 2. The minimum Gasteiger partial charge on any atom is -0.274 e. The predicted octanol–water partition coefficient (Wildman–Crippen LogP) is 6.11. The molecule has 6 heteroatoms. The summed E-state index contributed by atoms with van der Waals surface area (Å²) in [6.07, 6.45) is 0.680. The highest BCUT2D eigenvalue weighted by Gasteiger charge is 2.73. The van der Waals surface area contributed by atoms with E-state index in [-0.39, 0.29) is 11.8 Å². The van der Waals surface area contributed by atoms with Crippen molar-refractivity contribution >= 4 is 56.6 Å². The van der Waals surface area contributed by atoms with E-state index < -0.39 is 21.6 Å². The normalized spacial score (nSPS) is 29.7. The first kappa shape index (κ1) is 20.5. The van der Waals surface area contributed by atoms with Crippen LogP contribution in [0.15, 0.2) is 71.2 Å². The van der Waals surface area contributed by atoms with Crippen LogP contribution in [0.2, 0.25) is 0 Å². The molecule has 4 aliphatic rings. The maximum absolute atomic E-state index is 14.0. The summed E-state index contributed by atoms with van der Waals surface area (Å²) < 4.78 is 0.900. The lowest BCUT2D eigenvalue weighted by molar-refractivity contribution is -0.122. The van der Waals surface area contributed by atoms with E-state index in [0.717, 1.165) is 32.3 Å². The lowest BCUT2D eigenvalue weighted by Gasteiger charge is -2.54. The van der Waals surface area contributed by atoms with Crippen molar-refractivity contribution in [2.24, 2.45) is 11.8 Å². The van der Waals surface area contributed by atoms with Crippen LogP contribution in [0, 0.1) is 11.8 Å². The molecule has 0 saturated carbocycles. The van der Waals surface area contributed by atoms with Crippen LogP contribution >= 0.6 is 39.1 Å². The summed E-state index contributed by atoms with van der Waals surface area (Å²) in [7, 11) is 0. The molecule has 0 N–H and O–H groups in total. The van der Waals surface area contributed by atoms with Gasteiger partial charge in [-0.2, -0.15) is 0 Å². The molecule has 3 nitrogen and oxygen atoms in total. The first-order valence-electron chi connectivity index (χ1n) is 10.6. The zero-order chi connectivity index (χ0) is 22.4. The molecule has 7 rings (SSSR count). The summed E-state index contributed by atoms with van der Waals surface area (Å²) in [5.41, 5.74) is 4.76. The standard InChI is InChI=1S/C26H18BrCl2NO2/c1-2-14-13-15(27)11-12-20(14)30-23(31)21-22(24(30)32)26(29)17-8-4-3-7-16(17)25(21,28)18-9-5-6-10-19(18)26/h3-13,21-22H,2H2,1H3/t21-,22+,25?,26?. The number of halogens is 3. The third-order valence-corrected chi connectivity index (χ3v) is 9.03. The third-order valence-electron chi connectivity index (χ3n) is 7.25. The van der Waals surface area contributed by atoms with Crippen molar-refractivity contribution in [3.8, 4) is 0 Å². The Morgan fingerprint density at radius 2 is 1.25 bits per heavy atom. The van der Waals surface area contributed by atoms with Crippen molar-refractivity contribution in [1.29, 1.82) is 0 Å². The summed E-state index contributed by atoms with van der Waals surface area (Å²) >= 11 is 18.4. The van der Waals surface area contributed by atoms with Gasteiger partial charge in [0, 0.05) is 4.47 Å². The molecule has 0 spiro atoms. The molecule has 0 aromatic heterocycles. The van der Waals surface area contributed by atoms with Crippen LogP contribution in [0.3, 0.4) is 0 Å². The number of imide groups is 1. The molecular weight excluding hydrogens is 509 g/mol. The fraction of sp³-hybridized carbons (Fsp3) is 0.231. The molecule has 160 valence electrons. The first-order chi connectivity index (χ1) is 15.3. The molecule has 2 atom stereocenters. The second kappa shape index (κ2) is 6.69. The largest absolute Gasteiger partial charge is 0.274 e. The SMILES string of the molecule is CCc1cc(Br)ccc1N1C(=O)[C@@H]2[C@H](C1=O)C1(Cl)c3ccccc3C2(Cl)c2ccccc21. The van der Waals surface area contributed by atoms with Gasteiger partial charge in [0.15, 0.2) is 0 Å². The van der Waals surface area contributed by atoms with E-state index in [4.69, 9.17) is 23.2 Å². The zero-order valence-electron chi connectivity index (χ0n) is 17.1. The van der Waals surface area contributed by atoms with Crippen LogP contribution in [-0.2, 0) is 25.8 Å². The number of hydrogen-bond donors (Lipinski definition) is 0. The number of rotatable bonds is 2. The highest BCUT2D eigenvalue weighted by Crippen LogP contribution is 2.69. The van der Waals surface area contributed by atoms with Gasteiger partial charge in [-0.25, -0.2) is 4.90 Å². The molecule has 1 aliphatic heterocycles. The molecule has 1 saturated heterocycles. The number of alkyl halides is 2. The Kier molecular flexibility index (Phi) is 4.28. The Bertz CT molecular complexity index is 1220. The number of hydrogen-bond acceptors (Lipinski definition) is 2. The highest BCUT2D eigenvalue weighted by atomic mass is 79.9. The van der Waals surface area contributed by atoms with Gasteiger partial charge in [-0.1, -0.05) is 71.4 Å². The average molecular weight is 527 g/mol. The molecule has 1 heterocycles. The molecular formula is C26H18BrCl2NO2. The van der Waals surface area contributed by atoms with Crippen molar-refractivity contribution in [3.05, 3.63) is 99.0 Å². The maximum Gasteiger partial charge on any atom is 0.240 e. The van der Waals surface area contributed by atoms with Crippen LogP contribution in [0.25, 0.3) is 0 Å². The Labute approximate surface area is 204 Å². The fourth-order valence-corrected chi connectivity index (χ4v) is 7.47.